The smallest absolute Gasteiger partial charge is 0.175 e. The summed E-state index contributed by atoms with van der Waals surface area (Å²) in [7, 11) is -3.11. The fourth-order valence-corrected chi connectivity index (χ4v) is 3.00. The van der Waals surface area contributed by atoms with Crippen LogP contribution in [0, 0.1) is 6.92 Å². The van der Waals surface area contributed by atoms with Crippen molar-refractivity contribution < 1.29 is 8.42 Å². The minimum atomic E-state index is -3.11. The largest absolute Gasteiger partial charge is 0.310 e. The summed E-state index contributed by atoms with van der Waals surface area (Å²) in [6.07, 6.45) is 4.77. The molecule has 1 fully saturated rings. The van der Waals surface area contributed by atoms with Crippen molar-refractivity contribution in [1.82, 2.24) is 5.32 Å². The van der Waals surface area contributed by atoms with E-state index in [4.69, 9.17) is 0 Å². The lowest BCUT2D eigenvalue weighted by Crippen LogP contribution is -2.27. The summed E-state index contributed by atoms with van der Waals surface area (Å²) in [5.41, 5.74) is 2.30. The van der Waals surface area contributed by atoms with E-state index in [9.17, 15) is 8.42 Å². The highest BCUT2D eigenvalue weighted by atomic mass is 32.2. The first-order chi connectivity index (χ1) is 7.98. The predicted molar refractivity (Wildman–Crippen MR) is 68.9 cm³/mol. The third kappa shape index (κ3) is 2.87. The Morgan fingerprint density at radius 2 is 2.06 bits per heavy atom. The molecule has 0 aromatic heterocycles. The molecule has 0 bridgehead atoms. The lowest BCUT2D eigenvalue weighted by Gasteiger charge is -2.25. The Labute approximate surface area is 103 Å². The van der Waals surface area contributed by atoms with Gasteiger partial charge in [-0.3, -0.25) is 0 Å². The standard InChI is InChI=1S/C13H19NO2S/c1-10-6-7-11(17(2,15)16)9-12(10)13-5-3-4-8-14-13/h6-7,9,13-14H,3-5,8H2,1-2H3. The Morgan fingerprint density at radius 1 is 1.29 bits per heavy atom. The van der Waals surface area contributed by atoms with Crippen molar-refractivity contribution in [2.45, 2.75) is 37.1 Å². The van der Waals surface area contributed by atoms with Crippen molar-refractivity contribution in [3.8, 4) is 0 Å². The third-order valence-electron chi connectivity index (χ3n) is 3.36. The zero-order valence-corrected chi connectivity index (χ0v) is 11.2. The van der Waals surface area contributed by atoms with E-state index in [1.54, 1.807) is 6.07 Å². The van der Waals surface area contributed by atoms with Gasteiger partial charge < -0.3 is 5.32 Å². The molecule has 1 unspecified atom stereocenters. The van der Waals surface area contributed by atoms with E-state index in [-0.39, 0.29) is 0 Å². The molecule has 0 saturated carbocycles. The second kappa shape index (κ2) is 4.78. The van der Waals surface area contributed by atoms with Crippen LogP contribution in [-0.2, 0) is 9.84 Å². The lowest BCUT2D eigenvalue weighted by molar-refractivity contribution is 0.410. The number of rotatable bonds is 2. The zero-order chi connectivity index (χ0) is 12.5. The molecule has 4 heteroatoms. The quantitative estimate of drug-likeness (QED) is 0.879. The summed E-state index contributed by atoms with van der Waals surface area (Å²) < 4.78 is 23.1. The van der Waals surface area contributed by atoms with Crippen molar-refractivity contribution in [2.75, 3.05) is 12.8 Å². The van der Waals surface area contributed by atoms with Gasteiger partial charge in [0, 0.05) is 12.3 Å². The fraction of sp³-hybridized carbons (Fsp3) is 0.538. The van der Waals surface area contributed by atoms with E-state index in [0.29, 0.717) is 10.9 Å². The Bertz CT molecular complexity index is 502. The molecule has 2 rings (SSSR count). The fourth-order valence-electron chi connectivity index (χ4n) is 2.34. The number of aryl methyl sites for hydroxylation is 1. The van der Waals surface area contributed by atoms with Crippen LogP contribution in [0.2, 0.25) is 0 Å². The predicted octanol–water partition coefficient (Wildman–Crippen LogP) is 2.21. The average Bonchev–Trinajstić information content (AvgIpc) is 2.29. The second-order valence-corrected chi connectivity index (χ2v) is 6.81. The van der Waals surface area contributed by atoms with Gasteiger partial charge in [0.1, 0.15) is 0 Å². The molecule has 0 amide bonds. The highest BCUT2D eigenvalue weighted by Crippen LogP contribution is 2.27. The Balaban J connectivity index is 2.38. The highest BCUT2D eigenvalue weighted by Gasteiger charge is 2.18. The van der Waals surface area contributed by atoms with Gasteiger partial charge in [0.15, 0.2) is 9.84 Å². The molecule has 17 heavy (non-hydrogen) atoms. The van der Waals surface area contributed by atoms with Gasteiger partial charge in [-0.2, -0.15) is 0 Å². The summed E-state index contributed by atoms with van der Waals surface area (Å²) in [5.74, 6) is 0. The Kier molecular flexibility index (Phi) is 3.54. The molecule has 1 heterocycles. The van der Waals surface area contributed by atoms with Gasteiger partial charge >= 0.3 is 0 Å². The Hall–Kier alpha value is -0.870. The number of nitrogens with one attached hydrogen (secondary N) is 1. The van der Waals surface area contributed by atoms with Gasteiger partial charge in [-0.15, -0.1) is 0 Å². The van der Waals surface area contributed by atoms with E-state index in [0.717, 1.165) is 24.1 Å². The molecular weight excluding hydrogens is 234 g/mol. The van der Waals surface area contributed by atoms with Crippen molar-refractivity contribution in [3.63, 3.8) is 0 Å². The SMILES string of the molecule is Cc1ccc(S(C)(=O)=O)cc1C1CCCCN1. The first-order valence-corrected chi connectivity index (χ1v) is 7.91. The summed E-state index contributed by atoms with van der Waals surface area (Å²) in [4.78, 5) is 0.422. The van der Waals surface area contributed by atoms with Gasteiger partial charge in [0.25, 0.3) is 0 Å². The number of piperidine rings is 1. The van der Waals surface area contributed by atoms with Crippen molar-refractivity contribution >= 4 is 9.84 Å². The molecule has 1 saturated heterocycles. The van der Waals surface area contributed by atoms with Gasteiger partial charge in [-0.1, -0.05) is 12.5 Å². The third-order valence-corrected chi connectivity index (χ3v) is 4.47. The van der Waals surface area contributed by atoms with Crippen LogP contribution in [0.3, 0.4) is 0 Å². The van der Waals surface area contributed by atoms with Crippen LogP contribution >= 0.6 is 0 Å². The van der Waals surface area contributed by atoms with E-state index in [1.807, 2.05) is 19.1 Å². The van der Waals surface area contributed by atoms with Crippen LogP contribution in [0.25, 0.3) is 0 Å². The van der Waals surface area contributed by atoms with Crippen LogP contribution in [0.5, 0.6) is 0 Å². The number of sulfone groups is 1. The molecule has 94 valence electrons. The zero-order valence-electron chi connectivity index (χ0n) is 10.4. The second-order valence-electron chi connectivity index (χ2n) is 4.79. The molecule has 0 aliphatic carbocycles. The summed E-state index contributed by atoms with van der Waals surface area (Å²) >= 11 is 0. The van der Waals surface area contributed by atoms with Gasteiger partial charge in [0.2, 0.25) is 0 Å². The summed E-state index contributed by atoms with van der Waals surface area (Å²) in [5, 5.41) is 3.46. The molecule has 0 radical (unpaired) electrons. The highest BCUT2D eigenvalue weighted by molar-refractivity contribution is 7.90. The molecule has 1 aromatic rings. The number of benzene rings is 1. The average molecular weight is 253 g/mol. The summed E-state index contributed by atoms with van der Waals surface area (Å²) in [6, 6.07) is 5.73. The van der Waals surface area contributed by atoms with Crippen LogP contribution in [0.4, 0.5) is 0 Å². The number of hydrogen-bond acceptors (Lipinski definition) is 3. The molecule has 1 aliphatic heterocycles. The Morgan fingerprint density at radius 3 is 2.65 bits per heavy atom. The van der Waals surface area contributed by atoms with Gasteiger partial charge in [-0.25, -0.2) is 8.42 Å². The van der Waals surface area contributed by atoms with Crippen LogP contribution in [-0.4, -0.2) is 21.2 Å². The molecule has 1 N–H and O–H groups in total. The minimum Gasteiger partial charge on any atom is -0.310 e. The van der Waals surface area contributed by atoms with Crippen molar-refractivity contribution in [3.05, 3.63) is 29.3 Å². The molecule has 1 aliphatic rings. The van der Waals surface area contributed by atoms with Gasteiger partial charge in [-0.05, 0) is 49.6 Å². The molecule has 1 aromatic carbocycles. The van der Waals surface area contributed by atoms with Crippen LogP contribution < -0.4 is 5.32 Å². The van der Waals surface area contributed by atoms with Crippen LogP contribution in [0.1, 0.15) is 36.4 Å². The summed E-state index contributed by atoms with van der Waals surface area (Å²) in [6.45, 7) is 3.06. The maximum Gasteiger partial charge on any atom is 0.175 e. The van der Waals surface area contributed by atoms with Crippen molar-refractivity contribution in [1.29, 1.82) is 0 Å². The molecular formula is C13H19NO2S. The monoisotopic (exact) mass is 253 g/mol. The van der Waals surface area contributed by atoms with E-state index < -0.39 is 9.84 Å². The van der Waals surface area contributed by atoms with E-state index in [2.05, 4.69) is 5.32 Å². The lowest BCUT2D eigenvalue weighted by atomic mass is 9.94. The van der Waals surface area contributed by atoms with Crippen LogP contribution in [0.15, 0.2) is 23.1 Å². The van der Waals surface area contributed by atoms with Gasteiger partial charge in [0.05, 0.1) is 4.90 Å². The van der Waals surface area contributed by atoms with E-state index in [1.165, 1.54) is 19.1 Å². The maximum absolute atomic E-state index is 11.6. The normalized spacial score (nSPS) is 21.4. The molecule has 1 atom stereocenters. The number of hydrogen-bond donors (Lipinski definition) is 1. The maximum atomic E-state index is 11.6. The topological polar surface area (TPSA) is 46.2 Å². The first kappa shape index (κ1) is 12.6. The van der Waals surface area contributed by atoms with Crippen molar-refractivity contribution in [2.24, 2.45) is 0 Å². The van der Waals surface area contributed by atoms with E-state index >= 15 is 0 Å². The minimum absolute atomic E-state index is 0.311. The molecule has 0 spiro atoms. The molecule has 3 nitrogen and oxygen atoms in total. The first-order valence-electron chi connectivity index (χ1n) is 6.02.